The number of rotatable bonds is 1. The van der Waals surface area contributed by atoms with E-state index in [1.54, 1.807) is 0 Å². The molecule has 78 valence electrons. The molecule has 0 fully saturated rings. The summed E-state index contributed by atoms with van der Waals surface area (Å²) in [6, 6.07) is 16.5. The first-order valence-electron chi connectivity index (χ1n) is 5.38. The summed E-state index contributed by atoms with van der Waals surface area (Å²) in [5, 5.41) is 0.842. The Hall–Kier alpha value is -1.53. The Morgan fingerprint density at radius 1 is 0.812 bits per heavy atom. The van der Waals surface area contributed by atoms with Crippen LogP contribution in [0.5, 0.6) is 0 Å². The van der Waals surface area contributed by atoms with Gasteiger partial charge in [-0.15, -0.1) is 0 Å². The zero-order chi connectivity index (χ0) is 11.0. The summed E-state index contributed by atoms with van der Waals surface area (Å²) in [5.41, 5.74) is 3.83. The number of hydrogen-bond acceptors (Lipinski definition) is 0. The maximum atomic E-state index is 6.24. The summed E-state index contributed by atoms with van der Waals surface area (Å²) in [6.07, 6.45) is 4.38. The van der Waals surface area contributed by atoms with Crippen LogP contribution in [0, 0.1) is 0 Å². The van der Waals surface area contributed by atoms with Crippen molar-refractivity contribution in [1.82, 2.24) is 0 Å². The van der Waals surface area contributed by atoms with Gasteiger partial charge in [-0.25, -0.2) is 0 Å². The van der Waals surface area contributed by atoms with E-state index in [-0.39, 0.29) is 0 Å². The second-order valence-electron chi connectivity index (χ2n) is 3.99. The number of hydrogen-bond donors (Lipinski definition) is 0. The summed E-state index contributed by atoms with van der Waals surface area (Å²) < 4.78 is 0. The van der Waals surface area contributed by atoms with Crippen molar-refractivity contribution in [2.45, 2.75) is 5.92 Å². The molecule has 1 aliphatic rings. The van der Waals surface area contributed by atoms with Crippen molar-refractivity contribution in [1.29, 1.82) is 0 Å². The fraction of sp³-hybridized carbons (Fsp3) is 0.0667. The molecule has 1 aliphatic carbocycles. The number of allylic oxidation sites excluding steroid dienone is 1. The monoisotopic (exact) mass is 226 g/mol. The molecular formula is C15H11Cl. The molecule has 0 saturated carbocycles. The van der Waals surface area contributed by atoms with Gasteiger partial charge in [0.15, 0.2) is 0 Å². The molecule has 0 nitrogen and oxygen atoms in total. The van der Waals surface area contributed by atoms with Crippen molar-refractivity contribution < 1.29 is 0 Å². The summed E-state index contributed by atoms with van der Waals surface area (Å²) in [4.78, 5) is 0. The maximum Gasteiger partial charge on any atom is 0.0447 e. The number of halogens is 1. The quantitative estimate of drug-likeness (QED) is 0.672. The largest absolute Gasteiger partial charge is 0.0840 e. The lowest BCUT2D eigenvalue weighted by molar-refractivity contribution is 1.05. The molecular weight excluding hydrogens is 216 g/mol. The molecule has 0 saturated heterocycles. The molecule has 0 N–H and O–H groups in total. The van der Waals surface area contributed by atoms with Gasteiger partial charge in [0.25, 0.3) is 0 Å². The molecule has 0 spiro atoms. The van der Waals surface area contributed by atoms with E-state index >= 15 is 0 Å². The first-order valence-corrected chi connectivity index (χ1v) is 5.75. The third kappa shape index (κ3) is 1.46. The third-order valence-electron chi connectivity index (χ3n) is 3.04. The highest BCUT2D eigenvalue weighted by molar-refractivity contribution is 6.31. The van der Waals surface area contributed by atoms with E-state index in [0.717, 1.165) is 5.02 Å². The van der Waals surface area contributed by atoms with E-state index < -0.39 is 0 Å². The second-order valence-corrected chi connectivity index (χ2v) is 4.39. The third-order valence-corrected chi connectivity index (χ3v) is 3.38. The Morgan fingerprint density at radius 3 is 2.31 bits per heavy atom. The predicted molar refractivity (Wildman–Crippen MR) is 68.8 cm³/mol. The standard InChI is InChI=1S/C15H11Cl/c16-15-8-4-3-7-14(15)13-10-9-11-5-1-2-6-12(11)13/h1-10,13H. The minimum Gasteiger partial charge on any atom is -0.0840 e. The Morgan fingerprint density at radius 2 is 1.50 bits per heavy atom. The van der Waals surface area contributed by atoms with Crippen LogP contribution in [0.15, 0.2) is 54.6 Å². The first kappa shape index (κ1) is 9.68. The highest BCUT2D eigenvalue weighted by atomic mass is 35.5. The van der Waals surface area contributed by atoms with Gasteiger partial charge in [0.05, 0.1) is 0 Å². The van der Waals surface area contributed by atoms with Crippen LogP contribution < -0.4 is 0 Å². The van der Waals surface area contributed by atoms with Gasteiger partial charge < -0.3 is 0 Å². The lowest BCUT2D eigenvalue weighted by atomic mass is 9.93. The molecule has 0 bridgehead atoms. The highest BCUT2D eigenvalue weighted by Crippen LogP contribution is 2.37. The normalized spacial score (nSPS) is 17.4. The minimum atomic E-state index is 0.310. The van der Waals surface area contributed by atoms with Crippen LogP contribution in [-0.2, 0) is 0 Å². The average molecular weight is 227 g/mol. The zero-order valence-corrected chi connectivity index (χ0v) is 9.48. The van der Waals surface area contributed by atoms with Crippen LogP contribution in [0.25, 0.3) is 6.08 Å². The van der Waals surface area contributed by atoms with Gasteiger partial charge in [0.1, 0.15) is 0 Å². The molecule has 1 unspecified atom stereocenters. The van der Waals surface area contributed by atoms with Gasteiger partial charge in [-0.2, -0.15) is 0 Å². The summed E-state index contributed by atoms with van der Waals surface area (Å²) in [6.45, 7) is 0. The van der Waals surface area contributed by atoms with Gasteiger partial charge in [0.2, 0.25) is 0 Å². The molecule has 0 heterocycles. The summed E-state index contributed by atoms with van der Waals surface area (Å²) >= 11 is 6.24. The lowest BCUT2D eigenvalue weighted by Gasteiger charge is -2.12. The molecule has 3 rings (SSSR count). The molecule has 1 atom stereocenters. The lowest BCUT2D eigenvalue weighted by Crippen LogP contribution is -1.96. The Bertz CT molecular complexity index is 555. The van der Waals surface area contributed by atoms with Crippen molar-refractivity contribution in [2.75, 3.05) is 0 Å². The van der Waals surface area contributed by atoms with Gasteiger partial charge in [-0.1, -0.05) is 66.2 Å². The molecule has 0 aliphatic heterocycles. The number of fused-ring (bicyclic) bond motifs is 1. The fourth-order valence-corrected chi connectivity index (χ4v) is 2.50. The Labute approximate surface area is 100 Å². The van der Waals surface area contributed by atoms with Gasteiger partial charge >= 0.3 is 0 Å². The molecule has 1 heteroatoms. The van der Waals surface area contributed by atoms with Gasteiger partial charge in [-0.05, 0) is 22.8 Å². The van der Waals surface area contributed by atoms with Crippen LogP contribution in [0.4, 0.5) is 0 Å². The summed E-state index contributed by atoms with van der Waals surface area (Å²) in [7, 11) is 0. The summed E-state index contributed by atoms with van der Waals surface area (Å²) in [5.74, 6) is 0.310. The highest BCUT2D eigenvalue weighted by Gasteiger charge is 2.19. The minimum absolute atomic E-state index is 0.310. The number of benzene rings is 2. The SMILES string of the molecule is Clc1ccccc1C1C=Cc2ccccc21. The molecule has 2 aromatic carbocycles. The topological polar surface area (TPSA) is 0 Å². The van der Waals surface area contributed by atoms with Crippen LogP contribution in [0.3, 0.4) is 0 Å². The smallest absolute Gasteiger partial charge is 0.0447 e. The zero-order valence-electron chi connectivity index (χ0n) is 8.73. The van der Waals surface area contributed by atoms with E-state index in [1.165, 1.54) is 16.7 Å². The average Bonchev–Trinajstić information content (AvgIpc) is 2.74. The van der Waals surface area contributed by atoms with Crippen molar-refractivity contribution in [3.05, 3.63) is 76.3 Å². The molecule has 16 heavy (non-hydrogen) atoms. The molecule has 0 radical (unpaired) electrons. The van der Waals surface area contributed by atoms with E-state index in [2.05, 4.69) is 42.5 Å². The van der Waals surface area contributed by atoms with Crippen LogP contribution in [-0.4, -0.2) is 0 Å². The fourth-order valence-electron chi connectivity index (χ4n) is 2.25. The maximum absolute atomic E-state index is 6.24. The van der Waals surface area contributed by atoms with E-state index in [0.29, 0.717) is 5.92 Å². The van der Waals surface area contributed by atoms with E-state index in [9.17, 15) is 0 Å². The van der Waals surface area contributed by atoms with Crippen molar-refractivity contribution in [2.24, 2.45) is 0 Å². The van der Waals surface area contributed by atoms with Crippen molar-refractivity contribution in [3.63, 3.8) is 0 Å². The van der Waals surface area contributed by atoms with Crippen LogP contribution in [0.2, 0.25) is 5.02 Å². The second kappa shape index (κ2) is 3.80. The van der Waals surface area contributed by atoms with Crippen molar-refractivity contribution >= 4 is 17.7 Å². The van der Waals surface area contributed by atoms with E-state index in [1.807, 2.05) is 18.2 Å². The molecule has 2 aromatic rings. The molecule has 0 aromatic heterocycles. The van der Waals surface area contributed by atoms with Gasteiger partial charge in [0, 0.05) is 10.9 Å². The van der Waals surface area contributed by atoms with Gasteiger partial charge in [-0.3, -0.25) is 0 Å². The first-order chi connectivity index (χ1) is 7.86. The van der Waals surface area contributed by atoms with Crippen molar-refractivity contribution in [3.8, 4) is 0 Å². The molecule has 0 amide bonds. The Balaban J connectivity index is 2.12. The van der Waals surface area contributed by atoms with Crippen LogP contribution in [0.1, 0.15) is 22.6 Å². The predicted octanol–water partition coefficient (Wildman–Crippen LogP) is 4.50. The van der Waals surface area contributed by atoms with E-state index in [4.69, 9.17) is 11.6 Å². The van der Waals surface area contributed by atoms with Crippen LogP contribution >= 0.6 is 11.6 Å². The Kier molecular flexibility index (Phi) is 2.30.